The van der Waals surface area contributed by atoms with Crippen molar-refractivity contribution in [2.45, 2.75) is 32.9 Å². The van der Waals surface area contributed by atoms with E-state index >= 15 is 0 Å². The van der Waals surface area contributed by atoms with Crippen LogP contribution in [-0.2, 0) is 34.3 Å². The van der Waals surface area contributed by atoms with Crippen molar-refractivity contribution in [2.24, 2.45) is 7.05 Å². The van der Waals surface area contributed by atoms with Gasteiger partial charge in [0.2, 0.25) is 0 Å². The maximum atomic E-state index is 12.6. The van der Waals surface area contributed by atoms with Crippen LogP contribution in [0.25, 0.3) is 0 Å². The van der Waals surface area contributed by atoms with E-state index < -0.39 is 0 Å². The van der Waals surface area contributed by atoms with Gasteiger partial charge in [0.15, 0.2) is 12.6 Å². The van der Waals surface area contributed by atoms with Crippen molar-refractivity contribution in [3.05, 3.63) is 46.8 Å². The largest absolute Gasteiger partial charge is 0.465 e. The number of amides is 1. The summed E-state index contributed by atoms with van der Waals surface area (Å²) in [6.07, 6.45) is 0.580. The second-order valence-electron chi connectivity index (χ2n) is 6.78. The number of aromatic nitrogens is 2. The molecule has 3 rings (SSSR count). The van der Waals surface area contributed by atoms with E-state index in [9.17, 15) is 9.59 Å². The Kier molecular flexibility index (Phi) is 5.08. The molecule has 26 heavy (non-hydrogen) atoms. The molecule has 0 aliphatic carbocycles. The van der Waals surface area contributed by atoms with Crippen LogP contribution in [0.15, 0.2) is 24.3 Å². The van der Waals surface area contributed by atoms with E-state index in [1.54, 1.807) is 4.68 Å². The summed E-state index contributed by atoms with van der Waals surface area (Å²) in [7, 11) is 3.24. The molecular formula is C19H25N4O3+. The lowest BCUT2D eigenvalue weighted by atomic mass is 9.94. The minimum Gasteiger partial charge on any atom is -0.465 e. The van der Waals surface area contributed by atoms with Crippen LogP contribution in [-0.4, -0.2) is 41.4 Å². The molecule has 2 aromatic rings. The van der Waals surface area contributed by atoms with Crippen LogP contribution < -0.4 is 10.2 Å². The normalized spacial score (nSPS) is 18.9. The summed E-state index contributed by atoms with van der Waals surface area (Å²) in [6.45, 7) is 4.59. The number of aryl methyl sites for hydroxylation is 2. The van der Waals surface area contributed by atoms with Crippen molar-refractivity contribution in [1.82, 2.24) is 9.78 Å². The van der Waals surface area contributed by atoms with Gasteiger partial charge in [-0.2, -0.15) is 5.10 Å². The zero-order valence-corrected chi connectivity index (χ0v) is 15.6. The topological polar surface area (TPSA) is 77.7 Å². The average molecular weight is 357 g/mol. The number of fused-ring (bicyclic) bond motifs is 1. The molecule has 1 unspecified atom stereocenters. The van der Waals surface area contributed by atoms with Crippen LogP contribution in [0.3, 0.4) is 0 Å². The Labute approximate surface area is 152 Å². The third-order valence-corrected chi connectivity index (χ3v) is 5.10. The highest BCUT2D eigenvalue weighted by Gasteiger charge is 2.37. The van der Waals surface area contributed by atoms with Crippen LogP contribution in [0.2, 0.25) is 0 Å². The highest BCUT2D eigenvalue weighted by atomic mass is 16.5. The predicted octanol–water partition coefficient (Wildman–Crippen LogP) is 0.158. The summed E-state index contributed by atoms with van der Waals surface area (Å²) in [4.78, 5) is 25.8. The van der Waals surface area contributed by atoms with E-state index in [1.165, 1.54) is 12.7 Å². The Morgan fingerprint density at radius 3 is 2.62 bits per heavy atom. The van der Waals surface area contributed by atoms with Crippen LogP contribution in [0.5, 0.6) is 0 Å². The number of ether oxygens (including phenoxy) is 1. The lowest BCUT2D eigenvalue weighted by Crippen LogP contribution is -3.17. The number of nitrogens with one attached hydrogen (secondary N) is 2. The molecule has 1 aliphatic rings. The summed E-state index contributed by atoms with van der Waals surface area (Å²) in [5.74, 6) is -0.413. The first kappa shape index (κ1) is 18.1. The highest BCUT2D eigenvalue weighted by Crippen LogP contribution is 2.18. The maximum absolute atomic E-state index is 12.6. The SMILES string of the molecule is COC(=O)[C@@H]1Cc2ccccc2C[NH+]1CC(=O)Nc1c(C)nn(C)c1C. The van der Waals surface area contributed by atoms with Gasteiger partial charge in [0, 0.05) is 19.0 Å². The molecule has 0 bridgehead atoms. The number of carbonyl (C=O) groups excluding carboxylic acids is 2. The summed E-state index contributed by atoms with van der Waals surface area (Å²) >= 11 is 0. The fourth-order valence-electron chi connectivity index (χ4n) is 3.58. The molecule has 2 N–H and O–H groups in total. The summed E-state index contributed by atoms with van der Waals surface area (Å²) < 4.78 is 6.71. The van der Waals surface area contributed by atoms with Gasteiger partial charge in [-0.05, 0) is 19.4 Å². The third-order valence-electron chi connectivity index (χ3n) is 5.10. The molecular weight excluding hydrogens is 332 g/mol. The maximum Gasteiger partial charge on any atom is 0.365 e. The molecule has 0 radical (unpaired) electrons. The molecule has 7 nitrogen and oxygen atoms in total. The van der Waals surface area contributed by atoms with E-state index in [0.717, 1.165) is 27.5 Å². The molecule has 0 fully saturated rings. The van der Waals surface area contributed by atoms with Crippen molar-refractivity contribution in [3.8, 4) is 0 Å². The minimum absolute atomic E-state index is 0.132. The lowest BCUT2D eigenvalue weighted by molar-refractivity contribution is -0.924. The average Bonchev–Trinajstić information content (AvgIpc) is 2.86. The lowest BCUT2D eigenvalue weighted by Gasteiger charge is -2.31. The highest BCUT2D eigenvalue weighted by molar-refractivity contribution is 5.92. The number of hydrogen-bond acceptors (Lipinski definition) is 4. The number of esters is 1. The van der Waals surface area contributed by atoms with E-state index in [-0.39, 0.29) is 24.5 Å². The Morgan fingerprint density at radius 2 is 2.00 bits per heavy atom. The van der Waals surface area contributed by atoms with Gasteiger partial charge in [-0.3, -0.25) is 9.48 Å². The monoisotopic (exact) mass is 357 g/mol. The van der Waals surface area contributed by atoms with Crippen molar-refractivity contribution >= 4 is 17.6 Å². The van der Waals surface area contributed by atoms with Crippen molar-refractivity contribution in [2.75, 3.05) is 19.0 Å². The quantitative estimate of drug-likeness (QED) is 0.764. The number of hydrogen-bond donors (Lipinski definition) is 2. The molecule has 138 valence electrons. The first-order chi connectivity index (χ1) is 12.4. The van der Waals surface area contributed by atoms with E-state index in [1.807, 2.05) is 39.1 Å². The first-order valence-electron chi connectivity index (χ1n) is 8.70. The Hall–Kier alpha value is -2.67. The predicted molar refractivity (Wildman–Crippen MR) is 96.8 cm³/mol. The Balaban J connectivity index is 1.77. The van der Waals surface area contributed by atoms with E-state index in [4.69, 9.17) is 4.74 Å². The second kappa shape index (κ2) is 7.29. The molecule has 1 aromatic heterocycles. The van der Waals surface area contributed by atoms with Gasteiger partial charge >= 0.3 is 5.97 Å². The standard InChI is InChI=1S/C19H24N4O3/c1-12-18(13(2)22(3)21-12)20-17(24)11-23-10-15-8-6-5-7-14(15)9-16(23)19(25)26-4/h5-8,16H,9-11H2,1-4H3,(H,20,24)/p+1/t16-/m0/s1. The molecule has 1 amide bonds. The smallest absolute Gasteiger partial charge is 0.365 e. The van der Waals surface area contributed by atoms with Crippen LogP contribution in [0.1, 0.15) is 22.5 Å². The summed E-state index contributed by atoms with van der Waals surface area (Å²) in [6, 6.07) is 7.66. The molecule has 1 aromatic carbocycles. The van der Waals surface area contributed by atoms with Gasteiger partial charge in [0.1, 0.15) is 6.54 Å². The molecule has 0 saturated heterocycles. The summed E-state index contributed by atoms with van der Waals surface area (Å²) in [5.41, 5.74) is 4.74. The number of quaternary nitrogens is 1. The molecule has 1 aliphatic heterocycles. The van der Waals surface area contributed by atoms with Gasteiger partial charge in [-0.15, -0.1) is 0 Å². The van der Waals surface area contributed by atoms with Crippen LogP contribution in [0, 0.1) is 13.8 Å². The Morgan fingerprint density at radius 1 is 1.31 bits per heavy atom. The summed E-state index contributed by atoms with van der Waals surface area (Å²) in [5, 5.41) is 7.27. The van der Waals surface area contributed by atoms with Gasteiger partial charge in [0.05, 0.1) is 24.2 Å². The van der Waals surface area contributed by atoms with Gasteiger partial charge in [-0.25, -0.2) is 4.79 Å². The zero-order valence-electron chi connectivity index (χ0n) is 15.6. The number of anilines is 1. The molecule has 0 saturated carbocycles. The van der Waals surface area contributed by atoms with Crippen molar-refractivity contribution in [1.29, 1.82) is 0 Å². The zero-order chi connectivity index (χ0) is 18.8. The molecule has 0 spiro atoms. The van der Waals surface area contributed by atoms with Crippen LogP contribution >= 0.6 is 0 Å². The Bertz CT molecular complexity index is 843. The second-order valence-corrected chi connectivity index (χ2v) is 6.78. The van der Waals surface area contributed by atoms with E-state index in [0.29, 0.717) is 13.0 Å². The fourth-order valence-corrected chi connectivity index (χ4v) is 3.58. The van der Waals surface area contributed by atoms with Crippen molar-refractivity contribution in [3.63, 3.8) is 0 Å². The number of carbonyl (C=O) groups is 2. The molecule has 2 atom stereocenters. The molecule has 2 heterocycles. The third kappa shape index (κ3) is 3.48. The molecule has 7 heteroatoms. The number of nitrogens with zero attached hydrogens (tertiary/aromatic N) is 2. The first-order valence-corrected chi connectivity index (χ1v) is 8.70. The van der Waals surface area contributed by atoms with E-state index in [2.05, 4.69) is 16.5 Å². The number of benzene rings is 1. The van der Waals surface area contributed by atoms with Gasteiger partial charge < -0.3 is 15.0 Å². The van der Waals surface area contributed by atoms with Crippen molar-refractivity contribution < 1.29 is 19.2 Å². The van der Waals surface area contributed by atoms with Gasteiger partial charge in [0.25, 0.3) is 5.91 Å². The minimum atomic E-state index is -0.378. The number of rotatable bonds is 4. The fraction of sp³-hybridized carbons (Fsp3) is 0.421. The number of methoxy groups -OCH3 is 1. The van der Waals surface area contributed by atoms with Crippen LogP contribution in [0.4, 0.5) is 5.69 Å². The van der Waals surface area contributed by atoms with Gasteiger partial charge in [-0.1, -0.05) is 24.3 Å².